The molecule has 0 fully saturated rings. The Kier molecular flexibility index (Phi) is 2.49. The van der Waals surface area contributed by atoms with Crippen LogP contribution in [0, 0.1) is 0 Å². The highest BCUT2D eigenvalue weighted by Crippen LogP contribution is 2.37. The summed E-state index contributed by atoms with van der Waals surface area (Å²) in [5, 5.41) is 20.0. The van der Waals surface area contributed by atoms with Gasteiger partial charge < -0.3 is 14.6 Å². The van der Waals surface area contributed by atoms with Crippen LogP contribution in [-0.2, 0) is 0 Å². The largest absolute Gasteiger partial charge is 0.507 e. The molecule has 0 aliphatic heterocycles. The predicted octanol–water partition coefficient (Wildman–Crippen LogP) is 2.87. The monoisotopic (exact) mass is 254 g/mol. The first kappa shape index (κ1) is 11.3. The zero-order valence-corrected chi connectivity index (χ0v) is 9.83. The molecule has 0 amide bonds. The molecule has 0 radical (unpaired) electrons. The predicted molar refractivity (Wildman–Crippen MR) is 71.2 cm³/mol. The number of fused-ring (bicyclic) bond motifs is 1. The Bertz CT molecular complexity index is 797. The van der Waals surface area contributed by atoms with Gasteiger partial charge in [-0.3, -0.25) is 4.79 Å². The van der Waals surface area contributed by atoms with E-state index in [9.17, 15) is 15.0 Å². The van der Waals surface area contributed by atoms with E-state index in [1.807, 2.05) is 0 Å². The fraction of sp³-hybridized carbons (Fsp3) is 0. The van der Waals surface area contributed by atoms with E-state index in [2.05, 4.69) is 0 Å². The molecule has 94 valence electrons. The lowest BCUT2D eigenvalue weighted by molar-refractivity contribution is 0.450. The molecule has 0 spiro atoms. The third-order valence-corrected chi connectivity index (χ3v) is 2.90. The van der Waals surface area contributed by atoms with Gasteiger partial charge in [0.25, 0.3) is 0 Å². The topological polar surface area (TPSA) is 70.7 Å². The van der Waals surface area contributed by atoms with Crippen molar-refractivity contribution in [2.75, 3.05) is 0 Å². The second-order valence-corrected chi connectivity index (χ2v) is 4.14. The van der Waals surface area contributed by atoms with Gasteiger partial charge in [-0.15, -0.1) is 0 Å². The van der Waals surface area contributed by atoms with E-state index >= 15 is 0 Å². The number of hydrogen-bond acceptors (Lipinski definition) is 4. The van der Waals surface area contributed by atoms with Gasteiger partial charge in [-0.05, 0) is 24.3 Å². The summed E-state index contributed by atoms with van der Waals surface area (Å²) in [6.07, 6.45) is 0. The maximum atomic E-state index is 12.0. The molecular weight excluding hydrogens is 244 g/mol. The molecule has 19 heavy (non-hydrogen) atoms. The van der Waals surface area contributed by atoms with E-state index in [0.717, 1.165) is 0 Å². The minimum Gasteiger partial charge on any atom is -0.507 e. The van der Waals surface area contributed by atoms with Gasteiger partial charge in [0.1, 0.15) is 28.4 Å². The van der Waals surface area contributed by atoms with Gasteiger partial charge in [0, 0.05) is 6.07 Å². The fourth-order valence-electron chi connectivity index (χ4n) is 2.01. The van der Waals surface area contributed by atoms with E-state index in [0.29, 0.717) is 11.0 Å². The van der Waals surface area contributed by atoms with Gasteiger partial charge >= 0.3 is 0 Å². The second-order valence-electron chi connectivity index (χ2n) is 4.14. The SMILES string of the molecule is O=c1cc(-c2c(O)cccc2O)oc2ccccc12. The Morgan fingerprint density at radius 3 is 2.32 bits per heavy atom. The third kappa shape index (κ3) is 1.83. The van der Waals surface area contributed by atoms with Gasteiger partial charge in [0.05, 0.1) is 5.39 Å². The highest BCUT2D eigenvalue weighted by molar-refractivity contribution is 5.80. The number of hydrogen-bond donors (Lipinski definition) is 2. The van der Waals surface area contributed by atoms with Crippen LogP contribution >= 0.6 is 0 Å². The van der Waals surface area contributed by atoms with Crippen LogP contribution in [-0.4, -0.2) is 10.2 Å². The van der Waals surface area contributed by atoms with E-state index in [4.69, 9.17) is 4.42 Å². The normalized spacial score (nSPS) is 10.7. The number of para-hydroxylation sites is 1. The molecule has 0 atom stereocenters. The Hall–Kier alpha value is -2.75. The molecule has 0 saturated carbocycles. The van der Waals surface area contributed by atoms with E-state index in [1.165, 1.54) is 24.3 Å². The average Bonchev–Trinajstić information content (AvgIpc) is 2.38. The van der Waals surface area contributed by atoms with Crippen LogP contribution in [0.2, 0.25) is 0 Å². The molecule has 4 nitrogen and oxygen atoms in total. The van der Waals surface area contributed by atoms with Gasteiger partial charge in [-0.1, -0.05) is 18.2 Å². The molecule has 1 heterocycles. The third-order valence-electron chi connectivity index (χ3n) is 2.90. The number of benzene rings is 2. The van der Waals surface area contributed by atoms with E-state index in [-0.39, 0.29) is 28.3 Å². The van der Waals surface area contributed by atoms with Crippen molar-refractivity contribution in [1.82, 2.24) is 0 Å². The summed E-state index contributed by atoms with van der Waals surface area (Å²) in [6.45, 7) is 0. The smallest absolute Gasteiger partial charge is 0.193 e. The maximum Gasteiger partial charge on any atom is 0.193 e. The Balaban J connectivity index is 2.35. The summed E-state index contributed by atoms with van der Waals surface area (Å²) in [4.78, 5) is 12.0. The molecule has 2 aromatic carbocycles. The van der Waals surface area contributed by atoms with Crippen LogP contribution < -0.4 is 5.43 Å². The lowest BCUT2D eigenvalue weighted by Gasteiger charge is -2.07. The highest BCUT2D eigenvalue weighted by atomic mass is 16.3. The van der Waals surface area contributed by atoms with Crippen molar-refractivity contribution < 1.29 is 14.6 Å². The van der Waals surface area contributed by atoms with Gasteiger partial charge in [0.15, 0.2) is 5.43 Å². The molecular formula is C15H10O4. The van der Waals surface area contributed by atoms with Crippen molar-refractivity contribution in [3.8, 4) is 22.8 Å². The molecule has 1 aromatic heterocycles. The van der Waals surface area contributed by atoms with Crippen molar-refractivity contribution >= 4 is 11.0 Å². The first-order valence-corrected chi connectivity index (χ1v) is 5.71. The quantitative estimate of drug-likeness (QED) is 0.700. The standard InChI is InChI=1S/C15H10O4/c16-10-5-3-6-11(17)15(10)14-8-12(18)9-4-1-2-7-13(9)19-14/h1-8,16-17H. The number of aromatic hydroxyl groups is 2. The maximum absolute atomic E-state index is 12.0. The lowest BCUT2D eigenvalue weighted by Crippen LogP contribution is -2.00. The number of phenolic OH excluding ortho intramolecular Hbond substituents is 2. The van der Waals surface area contributed by atoms with Crippen molar-refractivity contribution in [3.63, 3.8) is 0 Å². The summed E-state index contributed by atoms with van der Waals surface area (Å²) < 4.78 is 5.57. The van der Waals surface area contributed by atoms with Gasteiger partial charge in [-0.25, -0.2) is 0 Å². The minimum atomic E-state index is -0.223. The summed E-state index contributed by atoms with van der Waals surface area (Å²) in [5.41, 5.74) is 0.303. The van der Waals surface area contributed by atoms with Crippen LogP contribution in [0.3, 0.4) is 0 Å². The molecule has 2 N–H and O–H groups in total. The molecule has 0 unspecified atom stereocenters. The molecule has 0 bridgehead atoms. The Morgan fingerprint density at radius 2 is 1.58 bits per heavy atom. The summed E-state index contributed by atoms with van der Waals surface area (Å²) in [5.74, 6) is -0.142. The molecule has 0 saturated heterocycles. The van der Waals surface area contributed by atoms with Crippen LogP contribution in [0.5, 0.6) is 11.5 Å². The lowest BCUT2D eigenvalue weighted by atomic mass is 10.1. The molecule has 3 rings (SSSR count). The number of rotatable bonds is 1. The van der Waals surface area contributed by atoms with E-state index in [1.54, 1.807) is 24.3 Å². The summed E-state index contributed by atoms with van der Waals surface area (Å²) in [6, 6.07) is 12.4. The minimum absolute atomic E-state index is 0.116. The second kappa shape index (κ2) is 4.17. The Labute approximate surface area is 108 Å². The molecule has 0 aliphatic rings. The van der Waals surface area contributed by atoms with Crippen LogP contribution in [0.15, 0.2) is 57.7 Å². The summed E-state index contributed by atoms with van der Waals surface area (Å²) in [7, 11) is 0. The van der Waals surface area contributed by atoms with Gasteiger partial charge in [0.2, 0.25) is 0 Å². The first-order chi connectivity index (χ1) is 9.16. The van der Waals surface area contributed by atoms with Crippen molar-refractivity contribution in [1.29, 1.82) is 0 Å². The van der Waals surface area contributed by atoms with Gasteiger partial charge in [-0.2, -0.15) is 0 Å². The zero-order valence-electron chi connectivity index (χ0n) is 9.83. The highest BCUT2D eigenvalue weighted by Gasteiger charge is 2.14. The molecule has 3 aromatic rings. The van der Waals surface area contributed by atoms with Crippen molar-refractivity contribution in [2.45, 2.75) is 0 Å². The van der Waals surface area contributed by atoms with Crippen molar-refractivity contribution in [3.05, 3.63) is 58.8 Å². The zero-order chi connectivity index (χ0) is 13.4. The Morgan fingerprint density at radius 1 is 0.895 bits per heavy atom. The first-order valence-electron chi connectivity index (χ1n) is 5.71. The molecule has 0 aliphatic carbocycles. The van der Waals surface area contributed by atoms with Crippen LogP contribution in [0.4, 0.5) is 0 Å². The number of phenols is 2. The average molecular weight is 254 g/mol. The molecule has 4 heteroatoms. The van der Waals surface area contributed by atoms with Crippen LogP contribution in [0.1, 0.15) is 0 Å². The van der Waals surface area contributed by atoms with Crippen LogP contribution in [0.25, 0.3) is 22.3 Å². The van der Waals surface area contributed by atoms with E-state index < -0.39 is 0 Å². The van der Waals surface area contributed by atoms with Crippen molar-refractivity contribution in [2.24, 2.45) is 0 Å². The fourth-order valence-corrected chi connectivity index (χ4v) is 2.01. The summed E-state index contributed by atoms with van der Waals surface area (Å²) >= 11 is 0.